The Morgan fingerprint density at radius 3 is 3.07 bits per heavy atom. The number of ketones is 1. The van der Waals surface area contributed by atoms with Gasteiger partial charge in [0.15, 0.2) is 11.5 Å². The van der Waals surface area contributed by atoms with Crippen LogP contribution in [-0.4, -0.2) is 10.8 Å². The van der Waals surface area contributed by atoms with Crippen LogP contribution in [0.2, 0.25) is 5.02 Å². The minimum Gasteiger partial charge on any atom is -0.441 e. The number of fused-ring (bicyclic) bond motifs is 1. The van der Waals surface area contributed by atoms with Crippen LogP contribution >= 0.6 is 11.6 Å². The third-order valence-electron chi connectivity index (χ3n) is 2.09. The Hall–Kier alpha value is -1.35. The first-order valence-corrected chi connectivity index (χ1v) is 5.07. The normalized spacial score (nSPS) is 10.8. The van der Waals surface area contributed by atoms with Gasteiger partial charge in [-0.3, -0.25) is 0 Å². The number of hydrogen-bond donors (Lipinski definition) is 0. The maximum absolute atomic E-state index is 10.8. The van der Waals surface area contributed by atoms with Gasteiger partial charge in [-0.2, -0.15) is 0 Å². The SMILES string of the molecule is CC(=O)CCc1nc2ccc(Cl)cc2o1. The van der Waals surface area contributed by atoms with Crippen molar-refractivity contribution in [2.75, 3.05) is 0 Å². The molecular weight excluding hydrogens is 214 g/mol. The number of aromatic nitrogens is 1. The van der Waals surface area contributed by atoms with E-state index in [2.05, 4.69) is 4.98 Å². The highest BCUT2D eigenvalue weighted by molar-refractivity contribution is 6.31. The Morgan fingerprint density at radius 1 is 1.53 bits per heavy atom. The van der Waals surface area contributed by atoms with E-state index in [1.807, 2.05) is 0 Å². The number of oxazole rings is 1. The molecule has 1 aromatic carbocycles. The fraction of sp³-hybridized carbons (Fsp3) is 0.273. The summed E-state index contributed by atoms with van der Waals surface area (Å²) in [5.74, 6) is 0.720. The Bertz CT molecular complexity index is 504. The van der Waals surface area contributed by atoms with E-state index >= 15 is 0 Å². The highest BCUT2D eigenvalue weighted by Gasteiger charge is 2.06. The van der Waals surface area contributed by atoms with Crippen molar-refractivity contribution in [2.45, 2.75) is 19.8 Å². The molecule has 1 heterocycles. The van der Waals surface area contributed by atoms with Crippen LogP contribution in [0.3, 0.4) is 0 Å². The van der Waals surface area contributed by atoms with Crippen LogP contribution in [0.4, 0.5) is 0 Å². The second-order valence-electron chi connectivity index (χ2n) is 3.42. The van der Waals surface area contributed by atoms with E-state index in [1.54, 1.807) is 25.1 Å². The van der Waals surface area contributed by atoms with Gasteiger partial charge < -0.3 is 9.21 Å². The monoisotopic (exact) mass is 223 g/mol. The molecular formula is C11H10ClNO2. The standard InChI is InChI=1S/C11H10ClNO2/c1-7(14)2-5-11-13-9-4-3-8(12)6-10(9)15-11/h3-4,6H,2,5H2,1H3. The molecule has 0 saturated heterocycles. The first-order chi connectivity index (χ1) is 7.15. The lowest BCUT2D eigenvalue weighted by Crippen LogP contribution is -1.93. The van der Waals surface area contributed by atoms with Gasteiger partial charge in [0.25, 0.3) is 0 Å². The van der Waals surface area contributed by atoms with Gasteiger partial charge in [0.05, 0.1) is 0 Å². The topological polar surface area (TPSA) is 43.1 Å². The molecule has 15 heavy (non-hydrogen) atoms. The van der Waals surface area contributed by atoms with Crippen molar-refractivity contribution >= 4 is 28.5 Å². The van der Waals surface area contributed by atoms with E-state index in [1.165, 1.54) is 0 Å². The van der Waals surface area contributed by atoms with Crippen LogP contribution in [-0.2, 0) is 11.2 Å². The van der Waals surface area contributed by atoms with Crippen LogP contribution in [0.1, 0.15) is 19.2 Å². The lowest BCUT2D eigenvalue weighted by molar-refractivity contribution is -0.117. The molecule has 0 unspecified atom stereocenters. The molecule has 78 valence electrons. The molecule has 0 aliphatic rings. The zero-order valence-electron chi connectivity index (χ0n) is 8.29. The number of aryl methyl sites for hydroxylation is 1. The van der Waals surface area contributed by atoms with Gasteiger partial charge >= 0.3 is 0 Å². The van der Waals surface area contributed by atoms with Crippen LogP contribution < -0.4 is 0 Å². The number of rotatable bonds is 3. The van der Waals surface area contributed by atoms with Crippen molar-refractivity contribution < 1.29 is 9.21 Å². The van der Waals surface area contributed by atoms with Crippen molar-refractivity contribution in [1.82, 2.24) is 4.98 Å². The Labute approximate surface area is 92.1 Å². The second-order valence-corrected chi connectivity index (χ2v) is 3.86. The molecule has 0 radical (unpaired) electrons. The van der Waals surface area contributed by atoms with Crippen LogP contribution in [0, 0.1) is 0 Å². The summed E-state index contributed by atoms with van der Waals surface area (Å²) in [6, 6.07) is 5.29. The number of Topliss-reactive ketones (excluding diaryl/α,β-unsaturated/α-hetero) is 1. The van der Waals surface area contributed by atoms with Crippen LogP contribution in [0.25, 0.3) is 11.1 Å². The molecule has 4 heteroatoms. The molecule has 0 amide bonds. The van der Waals surface area contributed by atoms with Crippen molar-refractivity contribution in [1.29, 1.82) is 0 Å². The molecule has 0 fully saturated rings. The fourth-order valence-corrected chi connectivity index (χ4v) is 1.50. The van der Waals surface area contributed by atoms with Gasteiger partial charge in [0.1, 0.15) is 11.3 Å². The van der Waals surface area contributed by atoms with Crippen molar-refractivity contribution in [2.24, 2.45) is 0 Å². The maximum Gasteiger partial charge on any atom is 0.195 e. The average molecular weight is 224 g/mol. The van der Waals surface area contributed by atoms with Crippen molar-refractivity contribution in [3.05, 3.63) is 29.1 Å². The smallest absolute Gasteiger partial charge is 0.195 e. The summed E-state index contributed by atoms with van der Waals surface area (Å²) < 4.78 is 5.45. The van der Waals surface area contributed by atoms with Gasteiger partial charge in [0, 0.05) is 23.9 Å². The van der Waals surface area contributed by atoms with Gasteiger partial charge in [0.2, 0.25) is 0 Å². The van der Waals surface area contributed by atoms with E-state index in [9.17, 15) is 4.79 Å². The van der Waals surface area contributed by atoms with E-state index < -0.39 is 0 Å². The molecule has 0 spiro atoms. The average Bonchev–Trinajstić information content (AvgIpc) is 2.56. The highest BCUT2D eigenvalue weighted by atomic mass is 35.5. The Morgan fingerprint density at radius 2 is 2.33 bits per heavy atom. The van der Waals surface area contributed by atoms with Crippen LogP contribution in [0.5, 0.6) is 0 Å². The predicted molar refractivity (Wildman–Crippen MR) is 58.0 cm³/mol. The second kappa shape index (κ2) is 4.03. The molecule has 0 bridgehead atoms. The summed E-state index contributed by atoms with van der Waals surface area (Å²) in [6.45, 7) is 1.56. The molecule has 1 aromatic heterocycles. The van der Waals surface area contributed by atoms with E-state index in [-0.39, 0.29) is 5.78 Å². The molecule has 0 saturated carbocycles. The largest absolute Gasteiger partial charge is 0.441 e. The van der Waals surface area contributed by atoms with E-state index in [4.69, 9.17) is 16.0 Å². The van der Waals surface area contributed by atoms with Gasteiger partial charge in [-0.05, 0) is 19.1 Å². The van der Waals surface area contributed by atoms with E-state index in [0.717, 1.165) is 5.52 Å². The van der Waals surface area contributed by atoms with Gasteiger partial charge in [-0.15, -0.1) is 0 Å². The molecule has 2 rings (SSSR count). The summed E-state index contributed by atoms with van der Waals surface area (Å²) in [5.41, 5.74) is 1.44. The Balaban J connectivity index is 2.27. The zero-order chi connectivity index (χ0) is 10.8. The number of benzene rings is 1. The molecule has 2 aromatic rings. The molecule has 0 aliphatic heterocycles. The molecule has 0 atom stereocenters. The van der Waals surface area contributed by atoms with E-state index in [0.29, 0.717) is 29.3 Å². The van der Waals surface area contributed by atoms with Gasteiger partial charge in [-0.1, -0.05) is 11.6 Å². The molecule has 0 aliphatic carbocycles. The first-order valence-electron chi connectivity index (χ1n) is 4.69. The minimum absolute atomic E-state index is 0.135. The molecule has 3 nitrogen and oxygen atoms in total. The summed E-state index contributed by atoms with van der Waals surface area (Å²) in [4.78, 5) is 15.0. The highest BCUT2D eigenvalue weighted by Crippen LogP contribution is 2.20. The van der Waals surface area contributed by atoms with Crippen molar-refractivity contribution in [3.8, 4) is 0 Å². The van der Waals surface area contributed by atoms with Crippen LogP contribution in [0.15, 0.2) is 22.6 Å². The van der Waals surface area contributed by atoms with Crippen molar-refractivity contribution in [3.63, 3.8) is 0 Å². The summed E-state index contributed by atoms with van der Waals surface area (Å²) >= 11 is 5.81. The lowest BCUT2D eigenvalue weighted by atomic mass is 10.2. The number of halogens is 1. The summed E-state index contributed by atoms with van der Waals surface area (Å²) in [6.07, 6.45) is 1.00. The first kappa shape index (κ1) is 10.2. The quantitative estimate of drug-likeness (QED) is 0.804. The lowest BCUT2D eigenvalue weighted by Gasteiger charge is -1.89. The number of carbonyl (C=O) groups excluding carboxylic acids is 1. The maximum atomic E-state index is 10.8. The third kappa shape index (κ3) is 2.36. The predicted octanol–water partition coefficient (Wildman–Crippen LogP) is 3.00. The number of carbonyl (C=O) groups is 1. The summed E-state index contributed by atoms with van der Waals surface area (Å²) in [5, 5.41) is 0.622. The Kier molecular flexibility index (Phi) is 2.73. The minimum atomic E-state index is 0.135. The number of hydrogen-bond acceptors (Lipinski definition) is 3. The van der Waals surface area contributed by atoms with Gasteiger partial charge in [-0.25, -0.2) is 4.98 Å². The number of nitrogens with zero attached hydrogens (tertiary/aromatic N) is 1. The fourth-order valence-electron chi connectivity index (χ4n) is 1.34. The molecule has 0 N–H and O–H groups in total. The summed E-state index contributed by atoms with van der Waals surface area (Å²) in [7, 11) is 0. The third-order valence-corrected chi connectivity index (χ3v) is 2.32. The zero-order valence-corrected chi connectivity index (χ0v) is 9.04.